The van der Waals surface area contributed by atoms with Gasteiger partial charge in [0.05, 0.1) is 30.0 Å². The van der Waals surface area contributed by atoms with Crippen LogP contribution in [0.4, 0.5) is 14.5 Å². The average Bonchev–Trinajstić information content (AvgIpc) is 3.45. The Morgan fingerprint density at radius 3 is 2.64 bits per heavy atom. The normalized spacial score (nSPS) is 17.0. The van der Waals surface area contributed by atoms with E-state index in [4.69, 9.17) is 21.7 Å². The summed E-state index contributed by atoms with van der Waals surface area (Å²) in [5, 5.41) is 8.54. The minimum absolute atomic E-state index is 0.0144. The van der Waals surface area contributed by atoms with E-state index in [0.717, 1.165) is 35.7 Å². The predicted octanol–water partition coefficient (Wildman–Crippen LogP) is 5.07. The monoisotopic (exact) mass is 635 g/mol. The minimum Gasteiger partial charge on any atom is -0.457 e. The number of fused-ring (bicyclic) bond motifs is 1. The SMILES string of the molecule is COCCNCCc1ccc(C2=CC3N=CC=C(Oc4ccc(NC(=S)NC(=O)Cc5ccc(F)cc5)cc4F)C3S2)nc1. The Labute approximate surface area is 264 Å². The van der Waals surface area contributed by atoms with Gasteiger partial charge in [0.15, 0.2) is 16.7 Å². The van der Waals surface area contributed by atoms with E-state index < -0.39 is 5.82 Å². The standard InChI is InChI=1S/C32H31F2N5O3S2/c1-41-15-14-35-12-10-21-4-8-25(37-19-21)29-18-26-31(44-29)28(11-13-36-26)42-27-9-7-23(17-24(27)34)38-32(43)39-30(40)16-20-2-5-22(33)6-3-20/h2-9,11,13,17-19,26,31,35H,10,12,14-16H2,1H3,(H2,38,39,40,43). The fourth-order valence-electron chi connectivity index (χ4n) is 4.54. The van der Waals surface area contributed by atoms with Gasteiger partial charge in [-0.3, -0.25) is 14.8 Å². The predicted molar refractivity (Wildman–Crippen MR) is 174 cm³/mol. The first-order valence-electron chi connectivity index (χ1n) is 14.0. The Hall–Kier alpha value is -3.97. The second kappa shape index (κ2) is 15.2. The van der Waals surface area contributed by atoms with Crippen molar-refractivity contribution in [1.82, 2.24) is 15.6 Å². The molecule has 1 amide bonds. The van der Waals surface area contributed by atoms with Crippen molar-refractivity contribution in [2.75, 3.05) is 32.1 Å². The summed E-state index contributed by atoms with van der Waals surface area (Å²) >= 11 is 6.78. The number of ether oxygens (including phenoxy) is 2. The van der Waals surface area contributed by atoms with Gasteiger partial charge in [0, 0.05) is 42.7 Å². The molecular formula is C32H31F2N5O3S2. The smallest absolute Gasteiger partial charge is 0.230 e. The van der Waals surface area contributed by atoms with Gasteiger partial charge in [0.1, 0.15) is 11.6 Å². The molecule has 12 heteroatoms. The van der Waals surface area contributed by atoms with Gasteiger partial charge in [0.2, 0.25) is 5.91 Å². The fraction of sp³-hybridized carbons (Fsp3) is 0.250. The van der Waals surface area contributed by atoms with Gasteiger partial charge in [0.25, 0.3) is 0 Å². The molecule has 0 saturated carbocycles. The van der Waals surface area contributed by atoms with Crippen molar-refractivity contribution >= 4 is 51.8 Å². The second-order valence-electron chi connectivity index (χ2n) is 10.0. The van der Waals surface area contributed by atoms with Gasteiger partial charge in [-0.1, -0.05) is 18.2 Å². The van der Waals surface area contributed by atoms with Crippen LogP contribution in [0.3, 0.4) is 0 Å². The molecule has 1 aromatic heterocycles. The quantitative estimate of drug-likeness (QED) is 0.188. The van der Waals surface area contributed by atoms with Crippen LogP contribution in [-0.4, -0.2) is 60.3 Å². The molecule has 2 aromatic carbocycles. The van der Waals surface area contributed by atoms with Gasteiger partial charge in [-0.15, -0.1) is 11.8 Å². The molecule has 0 aliphatic carbocycles. The first-order chi connectivity index (χ1) is 21.4. The number of thiocarbonyl (C=S) groups is 1. The van der Waals surface area contributed by atoms with Crippen molar-refractivity contribution in [3.8, 4) is 5.75 Å². The van der Waals surface area contributed by atoms with Gasteiger partial charge >= 0.3 is 0 Å². The Morgan fingerprint density at radius 2 is 1.89 bits per heavy atom. The van der Waals surface area contributed by atoms with E-state index in [2.05, 4.69) is 38.1 Å². The highest BCUT2D eigenvalue weighted by molar-refractivity contribution is 8.09. The topological polar surface area (TPSA) is 96.9 Å². The molecule has 0 bridgehead atoms. The number of carbonyl (C=O) groups is 1. The molecule has 0 fully saturated rings. The largest absolute Gasteiger partial charge is 0.457 e. The number of aliphatic imine (C=N–C) groups is 1. The number of aromatic nitrogens is 1. The van der Waals surface area contributed by atoms with Crippen LogP contribution in [0.2, 0.25) is 0 Å². The molecule has 0 radical (unpaired) electrons. The van der Waals surface area contributed by atoms with E-state index in [9.17, 15) is 9.18 Å². The number of benzene rings is 2. The van der Waals surface area contributed by atoms with Gasteiger partial charge < -0.3 is 25.4 Å². The second-order valence-corrected chi connectivity index (χ2v) is 11.6. The highest BCUT2D eigenvalue weighted by Crippen LogP contribution is 2.44. The highest BCUT2D eigenvalue weighted by atomic mass is 32.2. The van der Waals surface area contributed by atoms with E-state index in [0.29, 0.717) is 23.6 Å². The van der Waals surface area contributed by atoms with Crippen molar-refractivity contribution in [3.63, 3.8) is 0 Å². The molecule has 0 saturated heterocycles. The zero-order chi connectivity index (χ0) is 30.9. The van der Waals surface area contributed by atoms with Crippen LogP contribution >= 0.6 is 24.0 Å². The molecule has 8 nitrogen and oxygen atoms in total. The lowest BCUT2D eigenvalue weighted by atomic mass is 10.1. The maximum atomic E-state index is 15.1. The summed E-state index contributed by atoms with van der Waals surface area (Å²) in [4.78, 5) is 22.5. The molecule has 5 rings (SSSR count). The lowest BCUT2D eigenvalue weighted by Gasteiger charge is -2.22. The van der Waals surface area contributed by atoms with Crippen molar-refractivity contribution in [2.24, 2.45) is 4.99 Å². The number of dihydropyridines is 1. The molecule has 3 heterocycles. The highest BCUT2D eigenvalue weighted by Gasteiger charge is 2.35. The molecule has 0 spiro atoms. The molecule has 228 valence electrons. The Kier molecular flexibility index (Phi) is 10.8. The number of carbonyl (C=O) groups excluding carboxylic acids is 1. The molecule has 2 unspecified atom stereocenters. The molecular weight excluding hydrogens is 605 g/mol. The fourth-order valence-corrected chi connectivity index (χ4v) is 6.04. The zero-order valence-corrected chi connectivity index (χ0v) is 25.5. The maximum Gasteiger partial charge on any atom is 0.230 e. The minimum atomic E-state index is -0.597. The van der Waals surface area contributed by atoms with Crippen LogP contribution in [0, 0.1) is 11.6 Å². The van der Waals surface area contributed by atoms with Gasteiger partial charge in [-0.25, -0.2) is 8.78 Å². The molecule has 44 heavy (non-hydrogen) atoms. The summed E-state index contributed by atoms with van der Waals surface area (Å²) in [6.07, 6.45) is 8.26. The number of amides is 1. The van der Waals surface area contributed by atoms with Crippen molar-refractivity contribution < 1.29 is 23.0 Å². The zero-order valence-electron chi connectivity index (χ0n) is 23.9. The molecule has 2 aliphatic rings. The number of pyridine rings is 1. The van der Waals surface area contributed by atoms with E-state index >= 15 is 4.39 Å². The third-order valence-electron chi connectivity index (χ3n) is 6.76. The summed E-state index contributed by atoms with van der Waals surface area (Å²) in [5.74, 6) is -0.718. The van der Waals surface area contributed by atoms with Crippen LogP contribution in [0.25, 0.3) is 4.91 Å². The van der Waals surface area contributed by atoms with E-state index in [-0.39, 0.29) is 40.3 Å². The Morgan fingerprint density at radius 1 is 1.07 bits per heavy atom. The number of methoxy groups -OCH3 is 1. The first-order valence-corrected chi connectivity index (χ1v) is 15.3. The summed E-state index contributed by atoms with van der Waals surface area (Å²) in [6, 6.07) is 13.9. The summed E-state index contributed by atoms with van der Waals surface area (Å²) < 4.78 is 39.2. The summed E-state index contributed by atoms with van der Waals surface area (Å²) in [7, 11) is 1.68. The van der Waals surface area contributed by atoms with Crippen molar-refractivity contribution in [3.05, 3.63) is 107 Å². The Bertz CT molecular complexity index is 1580. The van der Waals surface area contributed by atoms with E-state index in [1.165, 1.54) is 36.4 Å². The molecule has 2 atom stereocenters. The van der Waals surface area contributed by atoms with Gasteiger partial charge in [-0.05, 0) is 78.8 Å². The number of hydrogen-bond donors (Lipinski definition) is 3. The number of nitrogens with one attached hydrogen (secondary N) is 3. The Balaban J connectivity index is 1.13. The number of allylic oxidation sites excluding steroid dienone is 1. The molecule has 3 N–H and O–H groups in total. The first kappa shape index (κ1) is 31.5. The number of rotatable bonds is 12. The van der Waals surface area contributed by atoms with Crippen LogP contribution in [0.1, 0.15) is 16.8 Å². The number of anilines is 1. The van der Waals surface area contributed by atoms with E-state index in [1.807, 2.05) is 12.3 Å². The van der Waals surface area contributed by atoms with Crippen LogP contribution in [-0.2, 0) is 22.4 Å². The van der Waals surface area contributed by atoms with Crippen LogP contribution in [0.5, 0.6) is 5.75 Å². The third kappa shape index (κ3) is 8.56. The van der Waals surface area contributed by atoms with Crippen molar-refractivity contribution in [2.45, 2.75) is 24.1 Å². The molecule has 2 aliphatic heterocycles. The van der Waals surface area contributed by atoms with Crippen LogP contribution < -0.4 is 20.7 Å². The lowest BCUT2D eigenvalue weighted by Crippen LogP contribution is -2.35. The number of nitrogens with zero attached hydrogens (tertiary/aromatic N) is 2. The lowest BCUT2D eigenvalue weighted by molar-refractivity contribution is -0.119. The van der Waals surface area contributed by atoms with E-state index in [1.54, 1.807) is 37.2 Å². The van der Waals surface area contributed by atoms with Crippen molar-refractivity contribution in [1.29, 1.82) is 0 Å². The summed E-state index contributed by atoms with van der Waals surface area (Å²) in [6.45, 7) is 2.34. The molecule has 3 aromatic rings. The number of halogens is 2. The third-order valence-corrected chi connectivity index (χ3v) is 8.33. The van der Waals surface area contributed by atoms with Gasteiger partial charge in [-0.2, -0.15) is 0 Å². The number of hydrogen-bond acceptors (Lipinski definition) is 8. The maximum absolute atomic E-state index is 15.1. The summed E-state index contributed by atoms with van der Waals surface area (Å²) in [5.41, 5.74) is 2.98. The average molecular weight is 636 g/mol. The number of thioether (sulfide) groups is 1. The van der Waals surface area contributed by atoms with Crippen LogP contribution in [0.15, 0.2) is 83.7 Å².